The van der Waals surface area contributed by atoms with E-state index in [1.54, 1.807) is 29.6 Å². The monoisotopic (exact) mass is 307 g/mol. The Morgan fingerprint density at radius 2 is 2.05 bits per heavy atom. The Kier molecular flexibility index (Phi) is 5.08. The fourth-order valence-corrected chi connectivity index (χ4v) is 2.79. The summed E-state index contributed by atoms with van der Waals surface area (Å²) in [5.74, 6) is 1.22. The molecule has 0 saturated heterocycles. The zero-order valence-electron chi connectivity index (χ0n) is 11.7. The molecule has 0 unspecified atom stereocenters. The van der Waals surface area contributed by atoms with E-state index in [0.717, 1.165) is 22.2 Å². The Morgan fingerprint density at radius 1 is 1.25 bits per heavy atom. The highest BCUT2D eigenvalue weighted by Crippen LogP contribution is 2.23. The van der Waals surface area contributed by atoms with Gasteiger partial charge in [-0.15, -0.1) is 11.8 Å². The first kappa shape index (κ1) is 14.9. The second-order valence-electron chi connectivity index (χ2n) is 4.31. The first-order chi connectivity index (χ1) is 9.58. The highest BCUT2D eigenvalue weighted by Gasteiger charge is 2.05. The topological polar surface area (TPSA) is 67.9 Å². The Morgan fingerprint density at radius 3 is 2.75 bits per heavy atom. The molecule has 0 spiro atoms. The van der Waals surface area contributed by atoms with Gasteiger partial charge in [0.2, 0.25) is 0 Å². The number of nitrogens with zero attached hydrogens (tertiary/aromatic N) is 4. The van der Waals surface area contributed by atoms with Crippen LogP contribution in [-0.2, 0) is 5.75 Å². The van der Waals surface area contributed by atoms with Gasteiger partial charge in [0, 0.05) is 37.8 Å². The van der Waals surface area contributed by atoms with Crippen LogP contribution in [0.5, 0.6) is 0 Å². The number of nitrogens with two attached hydrogens (primary N) is 1. The summed E-state index contributed by atoms with van der Waals surface area (Å²) in [5.41, 5.74) is 7.90. The second kappa shape index (κ2) is 6.81. The molecule has 20 heavy (non-hydrogen) atoms. The Balaban J connectivity index is 2.08. The quantitative estimate of drug-likeness (QED) is 0.517. The van der Waals surface area contributed by atoms with Gasteiger partial charge in [0.1, 0.15) is 10.8 Å². The SMILES string of the molecule is CSc1cc(N)nc(SCc2cc(N(C)C)ccn2)n1. The molecule has 2 N–H and O–H groups in total. The molecule has 2 aromatic heterocycles. The summed E-state index contributed by atoms with van der Waals surface area (Å²) in [6.07, 6.45) is 3.79. The minimum Gasteiger partial charge on any atom is -0.384 e. The number of hydrogen-bond acceptors (Lipinski definition) is 7. The Labute approximate surface area is 127 Å². The molecule has 0 amide bonds. The number of hydrogen-bond donors (Lipinski definition) is 1. The van der Waals surface area contributed by atoms with E-state index in [0.29, 0.717) is 11.0 Å². The van der Waals surface area contributed by atoms with Crippen molar-refractivity contribution in [3.63, 3.8) is 0 Å². The number of rotatable bonds is 5. The Hall–Kier alpha value is -1.47. The average Bonchev–Trinajstić information content (AvgIpc) is 2.44. The number of thioether (sulfide) groups is 2. The molecule has 7 heteroatoms. The van der Waals surface area contributed by atoms with Crippen LogP contribution in [0.1, 0.15) is 5.69 Å². The van der Waals surface area contributed by atoms with Crippen molar-refractivity contribution in [1.82, 2.24) is 15.0 Å². The van der Waals surface area contributed by atoms with E-state index >= 15 is 0 Å². The lowest BCUT2D eigenvalue weighted by molar-refractivity contribution is 0.899. The zero-order valence-corrected chi connectivity index (χ0v) is 13.3. The largest absolute Gasteiger partial charge is 0.384 e. The molecule has 0 fully saturated rings. The number of anilines is 2. The van der Waals surface area contributed by atoms with Crippen LogP contribution >= 0.6 is 23.5 Å². The first-order valence-corrected chi connectivity index (χ1v) is 8.23. The van der Waals surface area contributed by atoms with Gasteiger partial charge in [-0.3, -0.25) is 4.98 Å². The molecule has 0 atom stereocenters. The molecular weight excluding hydrogens is 290 g/mol. The maximum absolute atomic E-state index is 5.77. The third-order valence-electron chi connectivity index (χ3n) is 2.58. The van der Waals surface area contributed by atoms with Crippen LogP contribution in [0.4, 0.5) is 11.5 Å². The highest BCUT2D eigenvalue weighted by molar-refractivity contribution is 7.99. The molecular formula is C13H17N5S2. The molecule has 0 bridgehead atoms. The van der Waals surface area contributed by atoms with E-state index in [-0.39, 0.29) is 0 Å². The summed E-state index contributed by atoms with van der Waals surface area (Å²) >= 11 is 3.10. The van der Waals surface area contributed by atoms with Crippen LogP contribution in [0, 0.1) is 0 Å². The Bertz CT molecular complexity index is 589. The summed E-state index contributed by atoms with van der Waals surface area (Å²) in [4.78, 5) is 15.1. The van der Waals surface area contributed by atoms with E-state index in [9.17, 15) is 0 Å². The maximum Gasteiger partial charge on any atom is 0.190 e. The zero-order chi connectivity index (χ0) is 14.5. The number of aromatic nitrogens is 3. The lowest BCUT2D eigenvalue weighted by Gasteiger charge is -2.12. The van der Waals surface area contributed by atoms with Crippen LogP contribution in [0.2, 0.25) is 0 Å². The molecule has 2 rings (SSSR count). The second-order valence-corrected chi connectivity index (χ2v) is 6.08. The van der Waals surface area contributed by atoms with Gasteiger partial charge in [-0.25, -0.2) is 9.97 Å². The standard InChI is InChI=1S/C13H17N5S2/c1-18(2)10-4-5-15-9(6-10)8-20-13-16-11(14)7-12(17-13)19-3/h4-7H,8H2,1-3H3,(H2,14,16,17). The molecule has 0 aliphatic heterocycles. The van der Waals surface area contributed by atoms with Crippen molar-refractivity contribution in [2.75, 3.05) is 31.0 Å². The minimum atomic E-state index is 0.502. The van der Waals surface area contributed by atoms with Crippen molar-refractivity contribution in [3.8, 4) is 0 Å². The molecule has 0 aromatic carbocycles. The summed E-state index contributed by atoms with van der Waals surface area (Å²) in [5, 5.41) is 1.57. The predicted octanol–water partition coefficient (Wildman–Crippen LogP) is 2.53. The van der Waals surface area contributed by atoms with Crippen LogP contribution in [0.15, 0.2) is 34.6 Å². The van der Waals surface area contributed by atoms with Crippen molar-refractivity contribution < 1.29 is 0 Å². The third-order valence-corrected chi connectivity index (χ3v) is 4.09. The minimum absolute atomic E-state index is 0.502. The summed E-state index contributed by atoms with van der Waals surface area (Å²) < 4.78 is 0. The van der Waals surface area contributed by atoms with Gasteiger partial charge in [-0.05, 0) is 18.4 Å². The molecule has 2 aromatic rings. The van der Waals surface area contributed by atoms with Gasteiger partial charge >= 0.3 is 0 Å². The fraction of sp³-hybridized carbons (Fsp3) is 0.308. The molecule has 0 aliphatic rings. The first-order valence-electron chi connectivity index (χ1n) is 6.02. The molecule has 0 radical (unpaired) electrons. The predicted molar refractivity (Wildman–Crippen MR) is 86.4 cm³/mol. The van der Waals surface area contributed by atoms with Crippen LogP contribution in [-0.4, -0.2) is 35.3 Å². The highest BCUT2D eigenvalue weighted by atomic mass is 32.2. The third kappa shape index (κ3) is 4.01. The van der Waals surface area contributed by atoms with E-state index in [1.807, 2.05) is 32.6 Å². The van der Waals surface area contributed by atoms with Gasteiger partial charge < -0.3 is 10.6 Å². The van der Waals surface area contributed by atoms with Crippen LogP contribution < -0.4 is 10.6 Å². The van der Waals surface area contributed by atoms with Gasteiger partial charge in [0.25, 0.3) is 0 Å². The van der Waals surface area contributed by atoms with E-state index in [4.69, 9.17) is 5.73 Å². The van der Waals surface area contributed by atoms with Gasteiger partial charge in [-0.2, -0.15) is 0 Å². The fourth-order valence-electron chi connectivity index (χ4n) is 1.55. The molecule has 2 heterocycles. The smallest absolute Gasteiger partial charge is 0.190 e. The summed E-state index contributed by atoms with van der Waals surface area (Å²) in [6.45, 7) is 0. The normalized spacial score (nSPS) is 10.6. The van der Waals surface area contributed by atoms with Crippen molar-refractivity contribution in [2.24, 2.45) is 0 Å². The lowest BCUT2D eigenvalue weighted by Crippen LogP contribution is -2.09. The molecule has 106 valence electrons. The van der Waals surface area contributed by atoms with Crippen molar-refractivity contribution in [1.29, 1.82) is 0 Å². The average molecular weight is 307 g/mol. The van der Waals surface area contributed by atoms with E-state index in [1.165, 1.54) is 0 Å². The van der Waals surface area contributed by atoms with Crippen LogP contribution in [0.25, 0.3) is 0 Å². The number of nitrogen functional groups attached to an aromatic ring is 1. The summed E-state index contributed by atoms with van der Waals surface area (Å²) in [7, 11) is 4.02. The maximum atomic E-state index is 5.77. The lowest BCUT2D eigenvalue weighted by atomic mass is 10.3. The van der Waals surface area contributed by atoms with Gasteiger partial charge in [-0.1, -0.05) is 11.8 Å². The van der Waals surface area contributed by atoms with Crippen molar-refractivity contribution >= 4 is 35.0 Å². The molecule has 0 saturated carbocycles. The van der Waals surface area contributed by atoms with Crippen molar-refractivity contribution in [2.45, 2.75) is 15.9 Å². The molecule has 0 aliphatic carbocycles. The van der Waals surface area contributed by atoms with Crippen molar-refractivity contribution in [3.05, 3.63) is 30.1 Å². The van der Waals surface area contributed by atoms with Gasteiger partial charge in [0.15, 0.2) is 5.16 Å². The van der Waals surface area contributed by atoms with E-state index < -0.39 is 0 Å². The van der Waals surface area contributed by atoms with Gasteiger partial charge in [0.05, 0.1) is 5.69 Å². The summed E-state index contributed by atoms with van der Waals surface area (Å²) in [6, 6.07) is 5.82. The van der Waals surface area contributed by atoms with Crippen LogP contribution in [0.3, 0.4) is 0 Å². The number of pyridine rings is 1. The van der Waals surface area contributed by atoms with E-state index in [2.05, 4.69) is 25.9 Å². The molecule has 5 nitrogen and oxygen atoms in total.